The third-order valence-electron chi connectivity index (χ3n) is 5.66. The Morgan fingerprint density at radius 1 is 0.929 bits per heavy atom. The molecular formula is C19H28ClN5O2S. The number of rotatable bonds is 6. The predicted octanol–water partition coefficient (Wildman–Crippen LogP) is 1.82. The maximum Gasteiger partial charge on any atom is 0.242 e. The van der Waals surface area contributed by atoms with Crippen molar-refractivity contribution in [1.82, 2.24) is 19.8 Å². The summed E-state index contributed by atoms with van der Waals surface area (Å²) in [6.45, 7) is 5.48. The number of halogens is 1. The van der Waals surface area contributed by atoms with E-state index >= 15 is 0 Å². The van der Waals surface area contributed by atoms with Gasteiger partial charge < -0.3 is 4.90 Å². The number of fused-ring (bicyclic) bond motifs is 2. The molecule has 4 rings (SSSR count). The normalized spacial score (nSPS) is 25.6. The standard InChI is InChI=1S/C19H27N5O2S.ClH/c25-17-15-5-3-6-16(27-15)18(26)24(17)10-2-1-9-22-11-13-23(14-12-22)19-20-7-4-8-21-19;/h4,7-8,15-16H,1-3,5-6,9-14H2;1H. The van der Waals surface area contributed by atoms with Crippen molar-refractivity contribution in [1.29, 1.82) is 0 Å². The monoisotopic (exact) mass is 425 g/mol. The molecule has 28 heavy (non-hydrogen) atoms. The van der Waals surface area contributed by atoms with Crippen LogP contribution in [-0.2, 0) is 9.59 Å². The molecule has 0 N–H and O–H groups in total. The van der Waals surface area contributed by atoms with Crippen molar-refractivity contribution in [2.75, 3.05) is 44.2 Å². The molecule has 2 unspecified atom stereocenters. The van der Waals surface area contributed by atoms with Crippen molar-refractivity contribution in [3.05, 3.63) is 18.5 Å². The van der Waals surface area contributed by atoms with E-state index in [-0.39, 0.29) is 34.7 Å². The molecule has 3 saturated heterocycles. The number of unbranched alkanes of at least 4 members (excludes halogenated alkanes) is 1. The lowest BCUT2D eigenvalue weighted by Gasteiger charge is -2.38. The lowest BCUT2D eigenvalue weighted by atomic mass is 10.0. The number of imide groups is 1. The van der Waals surface area contributed by atoms with Gasteiger partial charge >= 0.3 is 0 Å². The van der Waals surface area contributed by atoms with Gasteiger partial charge in [-0.15, -0.1) is 24.2 Å². The zero-order chi connectivity index (χ0) is 18.6. The lowest BCUT2D eigenvalue weighted by Crippen LogP contribution is -2.53. The highest BCUT2D eigenvalue weighted by Gasteiger charge is 2.43. The van der Waals surface area contributed by atoms with Gasteiger partial charge in [-0.05, 0) is 38.3 Å². The molecule has 3 aliphatic rings. The van der Waals surface area contributed by atoms with Crippen LogP contribution in [0.25, 0.3) is 0 Å². The van der Waals surface area contributed by atoms with Gasteiger partial charge in [0.05, 0.1) is 10.5 Å². The first-order valence-corrected chi connectivity index (χ1v) is 10.9. The van der Waals surface area contributed by atoms with Crippen LogP contribution in [0.3, 0.4) is 0 Å². The second kappa shape index (κ2) is 9.89. The third kappa shape index (κ3) is 4.78. The van der Waals surface area contributed by atoms with E-state index < -0.39 is 0 Å². The van der Waals surface area contributed by atoms with Crippen LogP contribution < -0.4 is 4.90 Å². The van der Waals surface area contributed by atoms with Crippen LogP contribution in [0.1, 0.15) is 32.1 Å². The molecule has 154 valence electrons. The average molecular weight is 426 g/mol. The van der Waals surface area contributed by atoms with Gasteiger partial charge in [0.25, 0.3) is 0 Å². The molecule has 3 aliphatic heterocycles. The fourth-order valence-electron chi connectivity index (χ4n) is 4.09. The van der Waals surface area contributed by atoms with Gasteiger partial charge in [-0.1, -0.05) is 6.42 Å². The average Bonchev–Trinajstić information content (AvgIpc) is 2.73. The summed E-state index contributed by atoms with van der Waals surface area (Å²) in [6, 6.07) is 1.84. The number of carbonyl (C=O) groups excluding carboxylic acids is 2. The number of hydrogen-bond acceptors (Lipinski definition) is 7. The van der Waals surface area contributed by atoms with Crippen LogP contribution in [0.15, 0.2) is 18.5 Å². The first kappa shape index (κ1) is 21.3. The van der Waals surface area contributed by atoms with Crippen LogP contribution in [0.5, 0.6) is 0 Å². The Hall–Kier alpha value is -1.38. The summed E-state index contributed by atoms with van der Waals surface area (Å²) in [6.07, 6.45) is 8.34. The van der Waals surface area contributed by atoms with Gasteiger partial charge in [0.15, 0.2) is 0 Å². The number of aromatic nitrogens is 2. The number of likely N-dealkylation sites (tertiary alicyclic amines) is 1. The van der Waals surface area contributed by atoms with Crippen LogP contribution in [0, 0.1) is 0 Å². The summed E-state index contributed by atoms with van der Waals surface area (Å²) in [5.41, 5.74) is 0. The molecule has 0 radical (unpaired) electrons. The second-order valence-corrected chi connectivity index (χ2v) is 8.87. The fourth-order valence-corrected chi connectivity index (χ4v) is 5.58. The van der Waals surface area contributed by atoms with E-state index in [1.165, 1.54) is 0 Å². The molecule has 7 nitrogen and oxygen atoms in total. The molecule has 9 heteroatoms. The molecular weight excluding hydrogens is 398 g/mol. The SMILES string of the molecule is Cl.O=C1C2CCCC(S2)C(=O)N1CCCCN1CCN(c2ncccn2)CC1. The van der Waals surface area contributed by atoms with E-state index in [0.717, 1.165) is 70.8 Å². The predicted molar refractivity (Wildman–Crippen MR) is 113 cm³/mol. The summed E-state index contributed by atoms with van der Waals surface area (Å²) in [4.78, 5) is 39.8. The largest absolute Gasteiger partial charge is 0.338 e. The highest BCUT2D eigenvalue weighted by atomic mass is 35.5. The highest BCUT2D eigenvalue weighted by molar-refractivity contribution is 8.02. The van der Waals surface area contributed by atoms with Gasteiger partial charge in [0.1, 0.15) is 0 Å². The Morgan fingerprint density at radius 3 is 2.18 bits per heavy atom. The van der Waals surface area contributed by atoms with E-state index in [1.807, 2.05) is 6.07 Å². The molecule has 0 saturated carbocycles. The van der Waals surface area contributed by atoms with Crippen molar-refractivity contribution in [3.8, 4) is 0 Å². The molecule has 1 aromatic heterocycles. The van der Waals surface area contributed by atoms with Crippen LogP contribution in [0.4, 0.5) is 5.95 Å². The summed E-state index contributed by atoms with van der Waals surface area (Å²) in [5, 5.41) is 0.0458. The number of nitrogens with zero attached hydrogens (tertiary/aromatic N) is 5. The van der Waals surface area contributed by atoms with Crippen molar-refractivity contribution < 1.29 is 9.59 Å². The Kier molecular flexibility index (Phi) is 7.54. The molecule has 1 aromatic rings. The minimum absolute atomic E-state index is 0. The van der Waals surface area contributed by atoms with E-state index in [4.69, 9.17) is 0 Å². The van der Waals surface area contributed by atoms with Gasteiger partial charge in [-0.25, -0.2) is 9.97 Å². The van der Waals surface area contributed by atoms with E-state index in [2.05, 4.69) is 19.8 Å². The van der Waals surface area contributed by atoms with Gasteiger partial charge in [0, 0.05) is 45.1 Å². The zero-order valence-corrected chi connectivity index (χ0v) is 17.7. The van der Waals surface area contributed by atoms with E-state index in [9.17, 15) is 9.59 Å². The molecule has 2 amide bonds. The molecule has 2 bridgehead atoms. The molecule has 2 atom stereocenters. The minimum atomic E-state index is 0. The molecule has 0 aromatic carbocycles. The lowest BCUT2D eigenvalue weighted by molar-refractivity contribution is -0.146. The Bertz CT molecular complexity index is 650. The highest BCUT2D eigenvalue weighted by Crippen LogP contribution is 2.38. The number of thioether (sulfide) groups is 1. The molecule has 4 heterocycles. The number of hydrogen-bond donors (Lipinski definition) is 0. The smallest absolute Gasteiger partial charge is 0.242 e. The maximum atomic E-state index is 12.5. The first-order chi connectivity index (χ1) is 13.2. The fraction of sp³-hybridized carbons (Fsp3) is 0.684. The Balaban J connectivity index is 0.00000225. The van der Waals surface area contributed by atoms with Gasteiger partial charge in [-0.3, -0.25) is 19.4 Å². The number of carbonyl (C=O) groups is 2. The topological polar surface area (TPSA) is 69.6 Å². The molecule has 3 fully saturated rings. The number of anilines is 1. The van der Waals surface area contributed by atoms with Gasteiger partial charge in [0.2, 0.25) is 17.8 Å². The molecule has 0 spiro atoms. The first-order valence-electron chi connectivity index (χ1n) is 9.97. The Labute approximate surface area is 176 Å². The minimum Gasteiger partial charge on any atom is -0.338 e. The summed E-state index contributed by atoms with van der Waals surface area (Å²) in [5.74, 6) is 0.914. The van der Waals surface area contributed by atoms with Crippen molar-refractivity contribution in [2.45, 2.75) is 42.6 Å². The van der Waals surface area contributed by atoms with Crippen molar-refractivity contribution in [2.24, 2.45) is 0 Å². The summed E-state index contributed by atoms with van der Waals surface area (Å²) < 4.78 is 0. The number of amides is 2. The van der Waals surface area contributed by atoms with Crippen molar-refractivity contribution >= 4 is 41.9 Å². The van der Waals surface area contributed by atoms with Gasteiger partial charge in [-0.2, -0.15) is 0 Å². The maximum absolute atomic E-state index is 12.5. The summed E-state index contributed by atoms with van der Waals surface area (Å²) >= 11 is 1.59. The van der Waals surface area contributed by atoms with E-state index in [0.29, 0.717) is 6.54 Å². The van der Waals surface area contributed by atoms with Crippen molar-refractivity contribution in [3.63, 3.8) is 0 Å². The zero-order valence-electron chi connectivity index (χ0n) is 16.0. The quantitative estimate of drug-likeness (QED) is 0.508. The number of piperazine rings is 1. The van der Waals surface area contributed by atoms with Crippen LogP contribution >= 0.6 is 24.2 Å². The Morgan fingerprint density at radius 2 is 1.54 bits per heavy atom. The van der Waals surface area contributed by atoms with Crippen LogP contribution in [0.2, 0.25) is 0 Å². The van der Waals surface area contributed by atoms with E-state index in [1.54, 1.807) is 29.1 Å². The van der Waals surface area contributed by atoms with Crippen LogP contribution in [-0.4, -0.2) is 81.4 Å². The third-order valence-corrected chi connectivity index (χ3v) is 7.19. The second-order valence-electron chi connectivity index (χ2n) is 7.46. The molecule has 0 aliphatic carbocycles. The summed E-state index contributed by atoms with van der Waals surface area (Å²) in [7, 11) is 0.